The molecule has 0 N–H and O–H groups in total. The van der Waals surface area contributed by atoms with Crippen LogP contribution >= 0.6 is 0 Å². The molecule has 0 spiro atoms. The van der Waals surface area contributed by atoms with Crippen molar-refractivity contribution in [3.8, 4) is 23.0 Å². The van der Waals surface area contributed by atoms with Gasteiger partial charge in [0, 0.05) is 17.4 Å². The normalized spacial score (nSPS) is 10.8. The van der Waals surface area contributed by atoms with Crippen LogP contribution in [0.2, 0.25) is 0 Å². The molecule has 0 saturated heterocycles. The van der Waals surface area contributed by atoms with E-state index in [1.165, 1.54) is 18.5 Å². The second-order valence-corrected chi connectivity index (χ2v) is 5.79. The fourth-order valence-electron chi connectivity index (χ4n) is 2.94. The van der Waals surface area contributed by atoms with E-state index in [0.29, 0.717) is 16.8 Å². The molecular formula is C20H13FN4. The van der Waals surface area contributed by atoms with E-state index in [9.17, 15) is 9.65 Å². The second kappa shape index (κ2) is 5.84. The second-order valence-electron chi connectivity index (χ2n) is 5.79. The number of nitrogens with zero attached hydrogens (tertiary/aromatic N) is 4. The van der Waals surface area contributed by atoms with Gasteiger partial charge in [-0.05, 0) is 48.9 Å². The Bertz CT molecular complexity index is 1120. The smallest absolute Gasteiger partial charge is 0.123 e. The maximum Gasteiger partial charge on any atom is 0.123 e. The monoisotopic (exact) mass is 328 g/mol. The van der Waals surface area contributed by atoms with E-state index in [2.05, 4.69) is 16.0 Å². The van der Waals surface area contributed by atoms with Crippen molar-refractivity contribution in [1.82, 2.24) is 14.5 Å². The summed E-state index contributed by atoms with van der Waals surface area (Å²) < 4.78 is 15.2. The molecule has 0 radical (unpaired) electrons. The molecule has 0 amide bonds. The summed E-state index contributed by atoms with van der Waals surface area (Å²) in [5, 5.41) is 9.47. The van der Waals surface area contributed by atoms with Crippen LogP contribution in [0.3, 0.4) is 0 Å². The molecular weight excluding hydrogens is 315 g/mol. The lowest BCUT2D eigenvalue weighted by atomic mass is 10.1. The predicted octanol–water partition coefficient (Wildman–Crippen LogP) is 4.41. The maximum atomic E-state index is 13.3. The molecule has 120 valence electrons. The van der Waals surface area contributed by atoms with Crippen LogP contribution in [0.1, 0.15) is 11.1 Å². The summed E-state index contributed by atoms with van der Waals surface area (Å²) in [7, 11) is 0. The highest BCUT2D eigenvalue weighted by Crippen LogP contribution is 2.31. The van der Waals surface area contributed by atoms with Crippen LogP contribution in [0.5, 0.6) is 0 Å². The summed E-state index contributed by atoms with van der Waals surface area (Å²) >= 11 is 0. The Morgan fingerprint density at radius 2 is 1.88 bits per heavy atom. The van der Waals surface area contributed by atoms with Gasteiger partial charge in [-0.2, -0.15) is 5.26 Å². The van der Waals surface area contributed by atoms with E-state index in [4.69, 9.17) is 0 Å². The summed E-state index contributed by atoms with van der Waals surface area (Å²) in [5.41, 5.74) is 5.25. The topological polar surface area (TPSA) is 54.5 Å². The van der Waals surface area contributed by atoms with Crippen LogP contribution in [0, 0.1) is 24.1 Å². The molecule has 4 aromatic rings. The molecule has 5 heteroatoms. The minimum atomic E-state index is -0.305. The van der Waals surface area contributed by atoms with Gasteiger partial charge in [0.15, 0.2) is 0 Å². The van der Waals surface area contributed by atoms with Crippen LogP contribution in [0.25, 0.3) is 28.0 Å². The number of fused-ring (bicyclic) bond motifs is 1. The molecule has 0 unspecified atom stereocenters. The standard InChI is InChI=1S/C20H13FN4/c1-13-3-2-4-17(9-13)25-11-15(10-22)19-20(25)18(23-12-24-19)14-5-7-16(21)8-6-14/h2-9,11-12H,1H3. The van der Waals surface area contributed by atoms with E-state index in [1.54, 1.807) is 18.3 Å². The van der Waals surface area contributed by atoms with Crippen LogP contribution in [0.4, 0.5) is 4.39 Å². The lowest BCUT2D eigenvalue weighted by molar-refractivity contribution is 0.628. The highest BCUT2D eigenvalue weighted by molar-refractivity contribution is 5.94. The van der Waals surface area contributed by atoms with Crippen LogP contribution < -0.4 is 0 Å². The minimum absolute atomic E-state index is 0.305. The fourth-order valence-corrected chi connectivity index (χ4v) is 2.94. The highest BCUT2D eigenvalue weighted by atomic mass is 19.1. The molecule has 0 saturated carbocycles. The first-order valence-electron chi connectivity index (χ1n) is 7.76. The number of aromatic nitrogens is 3. The Hall–Kier alpha value is -3.52. The third kappa shape index (κ3) is 2.54. The summed E-state index contributed by atoms with van der Waals surface area (Å²) in [4.78, 5) is 8.69. The van der Waals surface area contributed by atoms with Crippen molar-refractivity contribution in [1.29, 1.82) is 5.26 Å². The summed E-state index contributed by atoms with van der Waals surface area (Å²) in [6.45, 7) is 2.01. The lowest BCUT2D eigenvalue weighted by Crippen LogP contribution is -1.96. The van der Waals surface area contributed by atoms with E-state index < -0.39 is 0 Å². The molecule has 0 aliphatic rings. The van der Waals surface area contributed by atoms with Gasteiger partial charge in [0.25, 0.3) is 0 Å². The molecule has 2 heterocycles. The first-order valence-corrected chi connectivity index (χ1v) is 7.76. The van der Waals surface area contributed by atoms with Gasteiger partial charge in [-0.25, -0.2) is 14.4 Å². The largest absolute Gasteiger partial charge is 0.312 e. The Labute approximate surface area is 143 Å². The summed E-state index contributed by atoms with van der Waals surface area (Å²) in [5.74, 6) is -0.305. The predicted molar refractivity (Wildman–Crippen MR) is 93.7 cm³/mol. The fraction of sp³-hybridized carbons (Fsp3) is 0.0500. The van der Waals surface area contributed by atoms with Crippen LogP contribution in [-0.2, 0) is 0 Å². The van der Waals surface area contributed by atoms with Crippen molar-refractivity contribution < 1.29 is 4.39 Å². The van der Waals surface area contributed by atoms with Crippen molar-refractivity contribution in [2.45, 2.75) is 6.92 Å². The van der Waals surface area contributed by atoms with Crippen molar-refractivity contribution in [3.63, 3.8) is 0 Å². The molecule has 0 fully saturated rings. The van der Waals surface area contributed by atoms with Crippen molar-refractivity contribution >= 4 is 11.0 Å². The van der Waals surface area contributed by atoms with E-state index in [-0.39, 0.29) is 5.82 Å². The number of hydrogen-bond donors (Lipinski definition) is 0. The zero-order valence-corrected chi connectivity index (χ0v) is 13.4. The number of halogens is 1. The van der Waals surface area contributed by atoms with Gasteiger partial charge in [0.1, 0.15) is 23.7 Å². The van der Waals surface area contributed by atoms with Crippen molar-refractivity contribution in [3.05, 3.63) is 78.0 Å². The molecule has 4 rings (SSSR count). The maximum absolute atomic E-state index is 13.3. The highest BCUT2D eigenvalue weighted by Gasteiger charge is 2.17. The number of nitriles is 1. The van der Waals surface area contributed by atoms with Crippen molar-refractivity contribution in [2.24, 2.45) is 0 Å². The summed E-state index contributed by atoms with van der Waals surface area (Å²) in [6.07, 6.45) is 3.20. The molecule has 0 atom stereocenters. The molecule has 2 aromatic heterocycles. The van der Waals surface area contributed by atoms with E-state index >= 15 is 0 Å². The van der Waals surface area contributed by atoms with E-state index in [1.807, 2.05) is 35.8 Å². The molecule has 2 aromatic carbocycles. The number of aryl methyl sites for hydroxylation is 1. The number of hydrogen-bond acceptors (Lipinski definition) is 3. The lowest BCUT2D eigenvalue weighted by Gasteiger charge is -2.09. The third-order valence-corrected chi connectivity index (χ3v) is 4.09. The first kappa shape index (κ1) is 15.0. The third-order valence-electron chi connectivity index (χ3n) is 4.09. The van der Waals surface area contributed by atoms with Gasteiger partial charge in [-0.1, -0.05) is 12.1 Å². The van der Waals surface area contributed by atoms with Crippen LogP contribution in [-0.4, -0.2) is 14.5 Å². The quantitative estimate of drug-likeness (QED) is 0.548. The zero-order valence-electron chi connectivity index (χ0n) is 13.4. The van der Waals surface area contributed by atoms with Gasteiger partial charge in [0.2, 0.25) is 0 Å². The van der Waals surface area contributed by atoms with Gasteiger partial charge in [0.05, 0.1) is 16.8 Å². The molecule has 0 aliphatic carbocycles. The van der Waals surface area contributed by atoms with Gasteiger partial charge < -0.3 is 4.57 Å². The average Bonchev–Trinajstić information content (AvgIpc) is 3.01. The Morgan fingerprint density at radius 3 is 2.60 bits per heavy atom. The Balaban J connectivity index is 2.07. The first-order chi connectivity index (χ1) is 12.2. The SMILES string of the molecule is Cc1cccc(-n2cc(C#N)c3ncnc(-c4ccc(F)cc4)c32)c1. The Kier molecular flexibility index (Phi) is 3.51. The molecule has 0 aliphatic heterocycles. The zero-order chi connectivity index (χ0) is 17.4. The minimum Gasteiger partial charge on any atom is -0.312 e. The average molecular weight is 328 g/mol. The van der Waals surface area contributed by atoms with Crippen molar-refractivity contribution in [2.75, 3.05) is 0 Å². The summed E-state index contributed by atoms with van der Waals surface area (Å²) in [6, 6.07) is 16.3. The van der Waals surface area contributed by atoms with Crippen LogP contribution in [0.15, 0.2) is 61.1 Å². The van der Waals surface area contributed by atoms with E-state index in [0.717, 1.165) is 22.3 Å². The molecule has 4 nitrogen and oxygen atoms in total. The number of benzene rings is 2. The molecule has 25 heavy (non-hydrogen) atoms. The van der Waals surface area contributed by atoms with Gasteiger partial charge in [-0.3, -0.25) is 0 Å². The number of rotatable bonds is 2. The Morgan fingerprint density at radius 1 is 1.08 bits per heavy atom. The molecule has 0 bridgehead atoms. The van der Waals surface area contributed by atoms with Gasteiger partial charge in [-0.15, -0.1) is 0 Å². The van der Waals surface area contributed by atoms with Gasteiger partial charge >= 0.3 is 0 Å².